The molecule has 11 aliphatic rings. The van der Waals surface area contributed by atoms with Crippen LogP contribution in [-0.4, -0.2) is 327 Å². The van der Waals surface area contributed by atoms with Crippen LogP contribution in [0, 0.1) is 50.2 Å². The van der Waals surface area contributed by atoms with Crippen LogP contribution in [-0.2, 0) is 61.6 Å². The first-order valence-electron chi connectivity index (χ1n) is 34.3. The van der Waals surface area contributed by atoms with E-state index in [-0.39, 0.29) is 40.6 Å². The highest BCUT2D eigenvalue weighted by Crippen LogP contribution is 2.76. The summed E-state index contributed by atoms with van der Waals surface area (Å²) >= 11 is 0. The number of carbonyl (C=O) groups is 1. The minimum Gasteiger partial charge on any atom is -0.432 e. The molecule has 38 atom stereocenters. The summed E-state index contributed by atoms with van der Waals surface area (Å²) in [6, 6.07) is 0. The second kappa shape index (κ2) is 28.8. The van der Waals surface area contributed by atoms with Gasteiger partial charge in [0.15, 0.2) is 31.5 Å². The summed E-state index contributed by atoms with van der Waals surface area (Å²) in [6.07, 6.45) is -41.6. The van der Waals surface area contributed by atoms with Crippen LogP contribution in [0.4, 0.5) is 0 Å². The van der Waals surface area contributed by atoms with E-state index in [0.717, 1.165) is 6.42 Å². The van der Waals surface area contributed by atoms with Crippen molar-refractivity contribution >= 4 is 5.97 Å². The van der Waals surface area contributed by atoms with Crippen LogP contribution in [0.3, 0.4) is 0 Å². The fourth-order valence-corrected chi connectivity index (χ4v) is 19.2. The Balaban J connectivity index is 0.730. The molecule has 558 valence electrons. The number of rotatable bonds is 17. The smallest absolute Gasteiger partial charge is 0.315 e. The number of carbonyl (C=O) groups excluding carboxylic acids is 1. The third-order valence-electron chi connectivity index (χ3n) is 25.4. The molecular weight excluding hydrogens is 1290 g/mol. The highest BCUT2D eigenvalue weighted by atomic mass is 16.8. The van der Waals surface area contributed by atoms with Crippen LogP contribution in [0.25, 0.3) is 0 Å². The number of ether oxygens (including phenoxy) is 12. The first kappa shape index (κ1) is 76.1. The van der Waals surface area contributed by atoms with Crippen molar-refractivity contribution < 1.29 is 159 Å². The Kier molecular flexibility index (Phi) is 22.6. The Morgan fingerprint density at radius 3 is 1.53 bits per heavy atom. The van der Waals surface area contributed by atoms with Crippen LogP contribution in [0.1, 0.15) is 113 Å². The van der Waals surface area contributed by atoms with Crippen LogP contribution in [0.2, 0.25) is 0 Å². The van der Waals surface area contributed by atoms with E-state index in [4.69, 9.17) is 56.8 Å². The van der Waals surface area contributed by atoms with Crippen LogP contribution >= 0.6 is 0 Å². The van der Waals surface area contributed by atoms with E-state index in [1.807, 2.05) is 6.92 Å². The quantitative estimate of drug-likeness (QED) is 0.0366. The van der Waals surface area contributed by atoms with E-state index >= 15 is 4.79 Å². The normalized spacial score (nSPS) is 54.7. The van der Waals surface area contributed by atoms with E-state index in [0.29, 0.717) is 57.8 Å². The van der Waals surface area contributed by atoms with E-state index in [1.54, 1.807) is 0 Å². The zero-order valence-corrected chi connectivity index (χ0v) is 55.7. The lowest BCUT2D eigenvalue weighted by Gasteiger charge is -2.71. The number of fused-ring (bicyclic) bond motifs is 7. The monoisotopic (exact) mass is 1400 g/mol. The fraction of sp³-hybridized carbons (Fsp3) is 0.954. The molecule has 0 bridgehead atoms. The van der Waals surface area contributed by atoms with Crippen molar-refractivity contribution in [1.29, 1.82) is 0 Å². The third kappa shape index (κ3) is 13.0. The van der Waals surface area contributed by atoms with Crippen molar-refractivity contribution in [2.45, 2.75) is 297 Å². The molecule has 4 saturated carbocycles. The molecule has 0 spiro atoms. The van der Waals surface area contributed by atoms with Gasteiger partial charge in [-0.05, 0) is 111 Å². The minimum absolute atomic E-state index is 0.0862. The molecule has 11 rings (SSSR count). The van der Waals surface area contributed by atoms with Gasteiger partial charge >= 0.3 is 5.97 Å². The van der Waals surface area contributed by atoms with Gasteiger partial charge in [0.05, 0.1) is 57.3 Å². The van der Waals surface area contributed by atoms with Gasteiger partial charge in [0.2, 0.25) is 6.29 Å². The fourth-order valence-electron chi connectivity index (χ4n) is 19.2. The Hall–Kier alpha value is -1.99. The van der Waals surface area contributed by atoms with Crippen molar-refractivity contribution in [3.8, 4) is 0 Å². The van der Waals surface area contributed by atoms with Crippen molar-refractivity contribution in [3.63, 3.8) is 0 Å². The number of hydrogen-bond acceptors (Lipinski definition) is 32. The summed E-state index contributed by atoms with van der Waals surface area (Å²) in [7, 11) is 0. The molecule has 32 heteroatoms. The topological polar surface area (TPSA) is 512 Å². The second-order valence-corrected chi connectivity index (χ2v) is 31.3. The third-order valence-corrected chi connectivity index (χ3v) is 25.4. The Labute approximate surface area is 561 Å². The summed E-state index contributed by atoms with van der Waals surface area (Å²) in [5.74, 6) is -0.943. The van der Waals surface area contributed by atoms with Gasteiger partial charge in [0.25, 0.3) is 0 Å². The standard InChI is InChI=1S/C65H106O32/c1-25-36(71)52(96-56-47(82)42(77)50(30(21-68)90-56)94-54-45(80)40(75)37(72)28(19-66)88-54)49(84)58(87-25)92-32-23-86-53(44(79)39(32)74)93-35-11-12-61(4)33(62(35,5)24-70)10-13-64(7)34(61)9-8-26-27-18-60(2,3)14-16-65(27,17-15-63(26,64)6)59(85)97-57-48(83)43(78)51(31(22-69)91-57)95-55-46(81)41(76)38(73)29(20-67)89-55/h8,25,27-58,66-84H,9-24H2,1-7H3. The maximum Gasteiger partial charge on any atom is 0.315 e. The molecule has 19 N–H and O–H groups in total. The first-order chi connectivity index (χ1) is 45.6. The molecule has 0 aromatic heterocycles. The van der Waals surface area contributed by atoms with Crippen LogP contribution < -0.4 is 0 Å². The van der Waals surface area contributed by atoms with Gasteiger partial charge in [-0.1, -0.05) is 53.2 Å². The first-order valence-corrected chi connectivity index (χ1v) is 34.3. The maximum atomic E-state index is 15.2. The number of allylic oxidation sites excluding steroid dienone is 2. The molecule has 6 saturated heterocycles. The lowest BCUT2D eigenvalue weighted by atomic mass is 9.33. The molecule has 6 heterocycles. The summed E-state index contributed by atoms with van der Waals surface area (Å²) < 4.78 is 70.6. The Morgan fingerprint density at radius 1 is 0.474 bits per heavy atom. The molecule has 0 aromatic carbocycles. The molecule has 0 amide bonds. The molecule has 0 aromatic rings. The molecule has 6 aliphatic heterocycles. The van der Waals surface area contributed by atoms with Gasteiger partial charge < -0.3 is 154 Å². The highest BCUT2D eigenvalue weighted by molar-refractivity contribution is 5.79. The number of aliphatic hydroxyl groups excluding tert-OH is 19. The van der Waals surface area contributed by atoms with Crippen molar-refractivity contribution in [2.75, 3.05) is 39.6 Å². The van der Waals surface area contributed by atoms with E-state index < -0.39 is 239 Å². The number of aliphatic hydroxyl groups is 19. The predicted molar refractivity (Wildman–Crippen MR) is 322 cm³/mol. The summed E-state index contributed by atoms with van der Waals surface area (Å²) in [6.45, 7) is 10.8. The average Bonchev–Trinajstić information content (AvgIpc) is 0.675. The molecule has 38 unspecified atom stereocenters. The van der Waals surface area contributed by atoms with E-state index in [9.17, 15) is 97.0 Å². The van der Waals surface area contributed by atoms with Gasteiger partial charge in [0.1, 0.15) is 134 Å². The minimum atomic E-state index is -2.03. The summed E-state index contributed by atoms with van der Waals surface area (Å²) in [5, 5.41) is 206. The Bertz CT molecular complexity index is 2710. The van der Waals surface area contributed by atoms with Gasteiger partial charge in [0, 0.05) is 5.41 Å². The SMILES string of the molecule is CC1OC(OC2COC(OC3CCC4(C)C(CCC5(C)C4CC=C4C6CC(C)(C)CCC6(C(=O)OC6OC(CO)C(OC7OC(CO)C(O)C(O)C7O)C(O)C6O)CCC45C)C3(C)CO)C(O)C2O)C(O)C(OC2OC(CO)C(OC3OC(CO)C(O)C(O)C3O)C(O)C2O)C1O. The lowest BCUT2D eigenvalue weighted by Crippen LogP contribution is -2.67. The lowest BCUT2D eigenvalue weighted by molar-refractivity contribution is -0.385. The van der Waals surface area contributed by atoms with Crippen molar-refractivity contribution in [3.05, 3.63) is 11.6 Å². The molecule has 32 nitrogen and oxygen atoms in total. The molecule has 0 radical (unpaired) electrons. The summed E-state index contributed by atoms with van der Waals surface area (Å²) in [4.78, 5) is 15.2. The largest absolute Gasteiger partial charge is 0.432 e. The van der Waals surface area contributed by atoms with Gasteiger partial charge in [-0.2, -0.15) is 0 Å². The van der Waals surface area contributed by atoms with Crippen molar-refractivity contribution in [1.82, 2.24) is 0 Å². The molecule has 5 aliphatic carbocycles. The maximum absolute atomic E-state index is 15.2. The van der Waals surface area contributed by atoms with Gasteiger partial charge in [-0.15, -0.1) is 0 Å². The summed E-state index contributed by atoms with van der Waals surface area (Å²) in [5.41, 5.74) is -2.10. The number of esters is 1. The van der Waals surface area contributed by atoms with Gasteiger partial charge in [-0.25, -0.2) is 0 Å². The second-order valence-electron chi connectivity index (χ2n) is 31.3. The average molecular weight is 1400 g/mol. The van der Waals surface area contributed by atoms with Gasteiger partial charge in [-0.3, -0.25) is 4.79 Å². The number of hydrogen-bond donors (Lipinski definition) is 19. The molecule has 10 fully saturated rings. The Morgan fingerprint density at radius 2 is 0.969 bits per heavy atom. The van der Waals surface area contributed by atoms with Crippen LogP contribution in [0.5, 0.6) is 0 Å². The molecule has 97 heavy (non-hydrogen) atoms. The molecular formula is C65H106O32. The highest BCUT2D eigenvalue weighted by Gasteiger charge is 2.71. The predicted octanol–water partition coefficient (Wildman–Crippen LogP) is -5.75. The zero-order chi connectivity index (χ0) is 70.7. The van der Waals surface area contributed by atoms with E-state index in [1.165, 1.54) is 12.5 Å². The zero-order valence-electron chi connectivity index (χ0n) is 55.7. The van der Waals surface area contributed by atoms with Crippen LogP contribution in [0.15, 0.2) is 11.6 Å². The van der Waals surface area contributed by atoms with Crippen molar-refractivity contribution in [2.24, 2.45) is 50.2 Å². The van der Waals surface area contributed by atoms with E-state index in [2.05, 4.69) is 40.7 Å².